The number of benzene rings is 1. The predicted octanol–water partition coefficient (Wildman–Crippen LogP) is 2.80. The van der Waals surface area contributed by atoms with E-state index in [4.69, 9.17) is 10.5 Å². The van der Waals surface area contributed by atoms with E-state index in [0.29, 0.717) is 5.92 Å². The Morgan fingerprint density at radius 3 is 2.58 bits per heavy atom. The second-order valence-corrected chi connectivity index (χ2v) is 5.58. The van der Waals surface area contributed by atoms with Crippen LogP contribution in [0, 0.1) is 12.8 Å². The molecule has 0 fully saturated rings. The molecule has 0 heterocycles. The van der Waals surface area contributed by atoms with Crippen LogP contribution in [0.15, 0.2) is 24.3 Å². The van der Waals surface area contributed by atoms with Gasteiger partial charge in [0.2, 0.25) is 0 Å². The summed E-state index contributed by atoms with van der Waals surface area (Å²) in [6.07, 6.45) is 1.66. The molecule has 0 saturated heterocycles. The third kappa shape index (κ3) is 3.57. The zero-order chi connectivity index (χ0) is 14.5. The molecule has 1 atom stereocenters. The number of aryl methyl sites for hydroxylation is 1. The van der Waals surface area contributed by atoms with Crippen LogP contribution in [0.5, 0.6) is 0 Å². The predicted molar refractivity (Wildman–Crippen MR) is 78.0 cm³/mol. The van der Waals surface area contributed by atoms with Crippen molar-refractivity contribution in [1.29, 1.82) is 0 Å². The van der Waals surface area contributed by atoms with Gasteiger partial charge in [-0.25, -0.2) is 0 Å². The van der Waals surface area contributed by atoms with Gasteiger partial charge in [-0.05, 0) is 31.2 Å². The average molecular weight is 263 g/mol. The minimum atomic E-state index is -0.717. The molecule has 0 aliphatic rings. The van der Waals surface area contributed by atoms with Gasteiger partial charge in [0, 0.05) is 6.54 Å². The summed E-state index contributed by atoms with van der Waals surface area (Å²) in [6.45, 7) is 6.59. The summed E-state index contributed by atoms with van der Waals surface area (Å²) in [5.74, 6) is 0.293. The van der Waals surface area contributed by atoms with Crippen molar-refractivity contribution in [3.05, 3.63) is 35.4 Å². The maximum absolute atomic E-state index is 12.3. The molecule has 3 nitrogen and oxygen atoms in total. The summed E-state index contributed by atoms with van der Waals surface area (Å²) in [7, 11) is 1.43. The van der Waals surface area contributed by atoms with Gasteiger partial charge < -0.3 is 10.5 Å². The lowest BCUT2D eigenvalue weighted by molar-refractivity contribution is -0.147. The quantitative estimate of drug-likeness (QED) is 0.803. The number of methoxy groups -OCH3 is 1. The Bertz CT molecular complexity index is 429. The van der Waals surface area contributed by atoms with Crippen LogP contribution in [0.3, 0.4) is 0 Å². The van der Waals surface area contributed by atoms with Crippen LogP contribution in [0.4, 0.5) is 0 Å². The van der Waals surface area contributed by atoms with Gasteiger partial charge in [0.1, 0.15) is 5.41 Å². The number of hydrogen-bond acceptors (Lipinski definition) is 3. The number of ether oxygens (including phenoxy) is 1. The standard InChI is InChI=1S/C16H25NO2/c1-12(2)8-9-16(11-17,15(18)19-4)14-7-5-6-13(3)10-14/h5-7,10,12H,8-9,11,17H2,1-4H3. The van der Waals surface area contributed by atoms with Crippen LogP contribution in [0.2, 0.25) is 0 Å². The maximum atomic E-state index is 12.3. The molecule has 1 unspecified atom stereocenters. The monoisotopic (exact) mass is 263 g/mol. The molecule has 0 saturated carbocycles. The van der Waals surface area contributed by atoms with E-state index in [1.807, 2.05) is 31.2 Å². The summed E-state index contributed by atoms with van der Waals surface area (Å²) in [5, 5.41) is 0. The zero-order valence-corrected chi connectivity index (χ0v) is 12.4. The smallest absolute Gasteiger partial charge is 0.317 e. The molecule has 0 radical (unpaired) electrons. The van der Waals surface area contributed by atoms with Crippen molar-refractivity contribution in [2.45, 2.75) is 39.0 Å². The van der Waals surface area contributed by atoms with Gasteiger partial charge in [0.05, 0.1) is 7.11 Å². The van der Waals surface area contributed by atoms with Gasteiger partial charge >= 0.3 is 5.97 Å². The van der Waals surface area contributed by atoms with Gasteiger partial charge in [-0.2, -0.15) is 0 Å². The van der Waals surface area contributed by atoms with Crippen LogP contribution in [0.25, 0.3) is 0 Å². The summed E-state index contributed by atoms with van der Waals surface area (Å²) >= 11 is 0. The van der Waals surface area contributed by atoms with Crippen molar-refractivity contribution >= 4 is 5.97 Å². The molecular formula is C16H25NO2. The van der Waals surface area contributed by atoms with E-state index in [9.17, 15) is 4.79 Å². The molecule has 0 bridgehead atoms. The van der Waals surface area contributed by atoms with Crippen LogP contribution < -0.4 is 5.73 Å². The molecule has 1 aromatic rings. The first-order valence-corrected chi connectivity index (χ1v) is 6.82. The van der Waals surface area contributed by atoms with Crippen LogP contribution in [0.1, 0.15) is 37.8 Å². The molecule has 0 aliphatic carbocycles. The highest BCUT2D eigenvalue weighted by atomic mass is 16.5. The number of hydrogen-bond donors (Lipinski definition) is 1. The molecular weight excluding hydrogens is 238 g/mol. The Labute approximate surface area is 116 Å². The SMILES string of the molecule is COC(=O)C(CN)(CCC(C)C)c1cccc(C)c1. The highest BCUT2D eigenvalue weighted by Gasteiger charge is 2.39. The second kappa shape index (κ2) is 6.71. The lowest BCUT2D eigenvalue weighted by Crippen LogP contribution is -2.44. The zero-order valence-electron chi connectivity index (χ0n) is 12.4. The molecule has 3 heteroatoms. The fraction of sp³-hybridized carbons (Fsp3) is 0.562. The van der Waals surface area contributed by atoms with Crippen molar-refractivity contribution in [2.24, 2.45) is 11.7 Å². The van der Waals surface area contributed by atoms with Crippen molar-refractivity contribution in [3.8, 4) is 0 Å². The lowest BCUT2D eigenvalue weighted by Gasteiger charge is -2.31. The Morgan fingerprint density at radius 1 is 1.42 bits per heavy atom. The third-order valence-corrected chi connectivity index (χ3v) is 3.64. The molecule has 19 heavy (non-hydrogen) atoms. The first kappa shape index (κ1) is 15.7. The second-order valence-electron chi connectivity index (χ2n) is 5.58. The maximum Gasteiger partial charge on any atom is 0.317 e. The van der Waals surface area contributed by atoms with Crippen molar-refractivity contribution in [1.82, 2.24) is 0 Å². The van der Waals surface area contributed by atoms with E-state index in [1.54, 1.807) is 0 Å². The minimum Gasteiger partial charge on any atom is -0.468 e. The fourth-order valence-corrected chi connectivity index (χ4v) is 2.34. The lowest BCUT2D eigenvalue weighted by atomic mass is 9.75. The van der Waals surface area contributed by atoms with Gasteiger partial charge in [0.25, 0.3) is 0 Å². The molecule has 0 spiro atoms. The van der Waals surface area contributed by atoms with E-state index >= 15 is 0 Å². The molecule has 106 valence electrons. The van der Waals surface area contributed by atoms with Gasteiger partial charge in [-0.3, -0.25) is 4.79 Å². The number of carbonyl (C=O) groups excluding carboxylic acids is 1. The van der Waals surface area contributed by atoms with Crippen LogP contribution >= 0.6 is 0 Å². The molecule has 2 N–H and O–H groups in total. The normalized spacial score (nSPS) is 14.2. The van der Waals surface area contributed by atoms with Crippen molar-refractivity contribution < 1.29 is 9.53 Å². The molecule has 1 rings (SSSR count). The summed E-state index contributed by atoms with van der Waals surface area (Å²) < 4.78 is 5.01. The van der Waals surface area contributed by atoms with Crippen LogP contribution in [-0.2, 0) is 14.9 Å². The molecule has 0 aliphatic heterocycles. The van der Waals surface area contributed by atoms with E-state index in [2.05, 4.69) is 13.8 Å². The molecule has 0 aromatic heterocycles. The average Bonchev–Trinajstić information content (AvgIpc) is 2.39. The van der Waals surface area contributed by atoms with Crippen molar-refractivity contribution in [3.63, 3.8) is 0 Å². The van der Waals surface area contributed by atoms with E-state index in [0.717, 1.165) is 24.0 Å². The van der Waals surface area contributed by atoms with Crippen LogP contribution in [-0.4, -0.2) is 19.6 Å². The Kier molecular flexibility index (Phi) is 5.55. The van der Waals surface area contributed by atoms with E-state index in [-0.39, 0.29) is 12.5 Å². The van der Waals surface area contributed by atoms with Gasteiger partial charge in [-0.1, -0.05) is 43.7 Å². The fourth-order valence-electron chi connectivity index (χ4n) is 2.34. The van der Waals surface area contributed by atoms with Crippen molar-refractivity contribution in [2.75, 3.05) is 13.7 Å². The Morgan fingerprint density at radius 2 is 2.11 bits per heavy atom. The van der Waals surface area contributed by atoms with Gasteiger partial charge in [0.15, 0.2) is 0 Å². The molecule has 0 amide bonds. The number of nitrogens with two attached hydrogens (primary N) is 1. The summed E-state index contributed by atoms with van der Waals surface area (Å²) in [4.78, 5) is 12.3. The summed E-state index contributed by atoms with van der Waals surface area (Å²) in [6, 6.07) is 7.99. The van der Waals surface area contributed by atoms with E-state index < -0.39 is 5.41 Å². The highest BCUT2D eigenvalue weighted by molar-refractivity contribution is 5.83. The minimum absolute atomic E-state index is 0.235. The van der Waals surface area contributed by atoms with E-state index in [1.165, 1.54) is 7.11 Å². The number of carbonyl (C=O) groups is 1. The Hall–Kier alpha value is -1.35. The first-order valence-electron chi connectivity index (χ1n) is 6.82. The topological polar surface area (TPSA) is 52.3 Å². The molecule has 1 aromatic carbocycles. The van der Waals surface area contributed by atoms with Gasteiger partial charge in [-0.15, -0.1) is 0 Å². The third-order valence-electron chi connectivity index (χ3n) is 3.64. The Balaban J connectivity index is 3.19. The first-order chi connectivity index (χ1) is 8.96. The highest BCUT2D eigenvalue weighted by Crippen LogP contribution is 2.32. The number of rotatable bonds is 6. The number of esters is 1. The largest absolute Gasteiger partial charge is 0.468 e. The summed E-state index contributed by atoms with van der Waals surface area (Å²) in [5.41, 5.74) is 7.32.